The number of hydrogen-bond acceptors (Lipinski definition) is 7. The van der Waals surface area contributed by atoms with Crippen molar-refractivity contribution < 1.29 is 9.52 Å². The molecule has 2 aromatic heterocycles. The van der Waals surface area contributed by atoms with Crippen molar-refractivity contribution in [1.82, 2.24) is 25.5 Å². The van der Waals surface area contributed by atoms with E-state index in [1.54, 1.807) is 25.4 Å². The Morgan fingerprint density at radius 2 is 1.90 bits per heavy atom. The Bertz CT molecular complexity index is 805. The molecule has 0 saturated carbocycles. The zero-order valence-electron chi connectivity index (χ0n) is 18.5. The third-order valence-corrected chi connectivity index (χ3v) is 5.09. The van der Waals surface area contributed by atoms with Crippen molar-refractivity contribution in [2.24, 2.45) is 4.99 Å². The lowest BCUT2D eigenvalue weighted by Gasteiger charge is -2.34. The predicted molar refractivity (Wildman–Crippen MR) is 133 cm³/mol. The molecule has 31 heavy (non-hydrogen) atoms. The number of anilines is 1. The van der Waals surface area contributed by atoms with Gasteiger partial charge in [0.05, 0.1) is 6.54 Å². The predicted octanol–water partition coefficient (Wildman–Crippen LogP) is 1.58. The summed E-state index contributed by atoms with van der Waals surface area (Å²) in [6.07, 6.45) is 3.56. The fraction of sp³-hybridized carbons (Fsp3) is 0.571. The lowest BCUT2D eigenvalue weighted by molar-refractivity contribution is 0.0428. The van der Waals surface area contributed by atoms with E-state index in [1.807, 2.05) is 26.0 Å². The Morgan fingerprint density at radius 1 is 1.19 bits per heavy atom. The van der Waals surface area contributed by atoms with E-state index in [0.29, 0.717) is 11.7 Å². The van der Waals surface area contributed by atoms with Gasteiger partial charge in [-0.2, -0.15) is 0 Å². The Morgan fingerprint density at radius 3 is 2.52 bits per heavy atom. The van der Waals surface area contributed by atoms with Gasteiger partial charge in [0, 0.05) is 58.2 Å². The molecule has 2 aromatic rings. The number of halogens is 1. The van der Waals surface area contributed by atoms with E-state index in [2.05, 4.69) is 35.4 Å². The number of aromatic nitrogens is 2. The van der Waals surface area contributed by atoms with E-state index in [-0.39, 0.29) is 30.5 Å². The normalized spacial score (nSPS) is 17.0. The monoisotopic (exact) mass is 543 g/mol. The Balaban J connectivity index is 0.00000341. The maximum Gasteiger partial charge on any atom is 0.225 e. The van der Waals surface area contributed by atoms with Crippen LogP contribution in [0.1, 0.15) is 25.4 Å². The lowest BCUT2D eigenvalue weighted by Crippen LogP contribution is -2.49. The summed E-state index contributed by atoms with van der Waals surface area (Å²) in [6.45, 7) is 12.0. The molecule has 1 unspecified atom stereocenters. The molecule has 0 bridgehead atoms. The van der Waals surface area contributed by atoms with E-state index < -0.39 is 5.60 Å². The summed E-state index contributed by atoms with van der Waals surface area (Å²) < 4.78 is 5.56. The summed E-state index contributed by atoms with van der Waals surface area (Å²) in [5.41, 5.74) is -1.15. The molecule has 1 saturated heterocycles. The van der Waals surface area contributed by atoms with Crippen molar-refractivity contribution in [1.29, 1.82) is 0 Å². The fourth-order valence-electron chi connectivity index (χ4n) is 3.34. The smallest absolute Gasteiger partial charge is 0.225 e. The van der Waals surface area contributed by atoms with Gasteiger partial charge in [-0.25, -0.2) is 15.0 Å². The van der Waals surface area contributed by atoms with Gasteiger partial charge in [-0.05, 0) is 39.0 Å². The highest BCUT2D eigenvalue weighted by Gasteiger charge is 2.26. The second kappa shape index (κ2) is 12.2. The number of nitrogens with one attached hydrogen (secondary N) is 2. The van der Waals surface area contributed by atoms with Crippen LogP contribution in [0.25, 0.3) is 0 Å². The highest BCUT2D eigenvalue weighted by molar-refractivity contribution is 14.0. The third-order valence-electron chi connectivity index (χ3n) is 5.09. The molecule has 0 aromatic carbocycles. The van der Waals surface area contributed by atoms with Gasteiger partial charge in [0.2, 0.25) is 5.95 Å². The number of furan rings is 1. The van der Waals surface area contributed by atoms with Crippen LogP contribution >= 0.6 is 24.0 Å². The molecular formula is C21H34IN7O2. The molecule has 0 radical (unpaired) electrons. The molecular weight excluding hydrogens is 509 g/mol. The number of aliphatic hydroxyl groups is 1. The van der Waals surface area contributed by atoms with Crippen LogP contribution in [0.15, 0.2) is 40.0 Å². The van der Waals surface area contributed by atoms with Gasteiger partial charge in [0.25, 0.3) is 0 Å². The molecule has 3 N–H and O–H groups in total. The van der Waals surface area contributed by atoms with Gasteiger partial charge in [-0.3, -0.25) is 4.90 Å². The molecule has 3 rings (SSSR count). The second-order valence-electron chi connectivity index (χ2n) is 7.68. The Hall–Kier alpha value is -1.92. The fourth-order valence-corrected chi connectivity index (χ4v) is 3.34. The first-order chi connectivity index (χ1) is 14.5. The molecule has 0 aliphatic carbocycles. The molecule has 9 nitrogen and oxygen atoms in total. The molecule has 1 atom stereocenters. The number of piperazine rings is 1. The minimum Gasteiger partial charge on any atom is -0.463 e. The molecule has 3 heterocycles. The molecule has 0 amide bonds. The molecule has 1 fully saturated rings. The van der Waals surface area contributed by atoms with Crippen molar-refractivity contribution >= 4 is 35.9 Å². The van der Waals surface area contributed by atoms with Crippen molar-refractivity contribution in [2.45, 2.75) is 26.4 Å². The van der Waals surface area contributed by atoms with E-state index >= 15 is 0 Å². The van der Waals surface area contributed by atoms with Crippen molar-refractivity contribution in [3.8, 4) is 0 Å². The maximum absolute atomic E-state index is 10.7. The maximum atomic E-state index is 10.7. The van der Waals surface area contributed by atoms with Gasteiger partial charge in [0.1, 0.15) is 17.1 Å². The average Bonchev–Trinajstić information content (AvgIpc) is 3.20. The summed E-state index contributed by atoms with van der Waals surface area (Å²) in [5, 5.41) is 17.3. The first-order valence-electron chi connectivity index (χ1n) is 10.5. The van der Waals surface area contributed by atoms with E-state index in [9.17, 15) is 5.11 Å². The van der Waals surface area contributed by atoms with Gasteiger partial charge >= 0.3 is 0 Å². The number of guanidine groups is 1. The number of rotatable bonds is 8. The minimum atomic E-state index is -1.15. The largest absolute Gasteiger partial charge is 0.463 e. The van der Waals surface area contributed by atoms with E-state index in [0.717, 1.165) is 57.5 Å². The van der Waals surface area contributed by atoms with Crippen LogP contribution in [0.3, 0.4) is 0 Å². The first-order valence-corrected chi connectivity index (χ1v) is 10.5. The molecule has 1 aliphatic heterocycles. The molecule has 172 valence electrons. The van der Waals surface area contributed by atoms with Crippen LogP contribution in [-0.2, 0) is 5.60 Å². The zero-order chi connectivity index (χ0) is 21.4. The average molecular weight is 543 g/mol. The van der Waals surface area contributed by atoms with Crippen LogP contribution in [0.4, 0.5) is 5.95 Å². The first kappa shape index (κ1) is 25.3. The highest BCUT2D eigenvalue weighted by atomic mass is 127. The van der Waals surface area contributed by atoms with Crippen LogP contribution in [0.2, 0.25) is 0 Å². The van der Waals surface area contributed by atoms with E-state index in [4.69, 9.17) is 4.42 Å². The number of aryl methyl sites for hydroxylation is 1. The summed E-state index contributed by atoms with van der Waals surface area (Å²) in [5.74, 6) is 2.80. The van der Waals surface area contributed by atoms with Crippen LogP contribution in [-0.4, -0.2) is 78.3 Å². The number of aliphatic imine (C=N–C) groups is 1. The van der Waals surface area contributed by atoms with Crippen LogP contribution < -0.4 is 15.5 Å². The van der Waals surface area contributed by atoms with Crippen molar-refractivity contribution in [2.75, 3.05) is 57.3 Å². The van der Waals surface area contributed by atoms with Crippen molar-refractivity contribution in [3.63, 3.8) is 0 Å². The van der Waals surface area contributed by atoms with Gasteiger partial charge in [0.15, 0.2) is 5.96 Å². The topological polar surface area (TPSA) is 102 Å². The van der Waals surface area contributed by atoms with Crippen molar-refractivity contribution in [3.05, 3.63) is 42.1 Å². The zero-order valence-corrected chi connectivity index (χ0v) is 20.9. The summed E-state index contributed by atoms with van der Waals surface area (Å²) in [7, 11) is 0. The van der Waals surface area contributed by atoms with E-state index in [1.165, 1.54) is 0 Å². The second-order valence-corrected chi connectivity index (χ2v) is 7.68. The summed E-state index contributed by atoms with van der Waals surface area (Å²) in [4.78, 5) is 17.8. The molecule has 10 heteroatoms. The highest BCUT2D eigenvalue weighted by Crippen LogP contribution is 2.23. The van der Waals surface area contributed by atoms with Crippen LogP contribution in [0, 0.1) is 6.92 Å². The number of hydrogen-bond donors (Lipinski definition) is 3. The quantitative estimate of drug-likeness (QED) is 0.262. The summed E-state index contributed by atoms with van der Waals surface area (Å²) in [6, 6.07) is 5.48. The Labute approximate surface area is 201 Å². The Kier molecular flexibility index (Phi) is 9.97. The third kappa shape index (κ3) is 7.62. The SMILES string of the molecule is CCNC(=NCC(C)(O)c1ccc(C)o1)NCCN1CCN(c2ncccn2)CC1.I. The summed E-state index contributed by atoms with van der Waals surface area (Å²) >= 11 is 0. The number of nitrogens with zero attached hydrogens (tertiary/aromatic N) is 5. The van der Waals surface area contributed by atoms with Gasteiger partial charge in [-0.15, -0.1) is 24.0 Å². The van der Waals surface area contributed by atoms with Gasteiger partial charge in [-0.1, -0.05) is 0 Å². The standard InChI is InChI=1S/C21H33N7O2.HI/c1-4-22-19(26-16-21(3,29)18-7-6-17(2)30-18)23-10-11-27-12-14-28(15-13-27)20-24-8-5-9-25-20;/h5-9,29H,4,10-16H2,1-3H3,(H2,22,23,26);1H. The molecule has 0 spiro atoms. The lowest BCUT2D eigenvalue weighted by atomic mass is 10.0. The van der Waals surface area contributed by atoms with Gasteiger partial charge < -0.3 is 25.1 Å². The molecule has 1 aliphatic rings. The van der Waals surface area contributed by atoms with Crippen LogP contribution in [0.5, 0.6) is 0 Å². The minimum absolute atomic E-state index is 0.